The molecular formula is C15H19F3N2O3S. The molecule has 1 saturated heterocycles. The molecule has 1 fully saturated rings. The number of anilines is 1. The Morgan fingerprint density at radius 2 is 2.08 bits per heavy atom. The van der Waals surface area contributed by atoms with E-state index in [9.17, 15) is 26.4 Å². The second kappa shape index (κ2) is 7.10. The Hall–Kier alpha value is -1.61. The van der Waals surface area contributed by atoms with Crippen molar-refractivity contribution in [3.63, 3.8) is 0 Å². The van der Waals surface area contributed by atoms with Crippen LogP contribution < -0.4 is 5.32 Å². The minimum absolute atomic E-state index is 0.0652. The predicted octanol–water partition coefficient (Wildman–Crippen LogP) is 2.30. The van der Waals surface area contributed by atoms with Crippen LogP contribution >= 0.6 is 0 Å². The molecule has 0 spiro atoms. The summed E-state index contributed by atoms with van der Waals surface area (Å²) in [7, 11) is -3.40. The number of sulfone groups is 1. The van der Waals surface area contributed by atoms with Crippen LogP contribution in [0.15, 0.2) is 29.2 Å². The highest BCUT2D eigenvalue weighted by molar-refractivity contribution is 7.90. The highest BCUT2D eigenvalue weighted by atomic mass is 32.2. The van der Waals surface area contributed by atoms with Crippen LogP contribution in [0, 0.1) is 5.92 Å². The number of likely N-dealkylation sites (tertiary alicyclic amines) is 1. The quantitative estimate of drug-likeness (QED) is 0.890. The summed E-state index contributed by atoms with van der Waals surface area (Å²) in [6.07, 6.45) is -2.73. The number of alkyl halides is 3. The zero-order chi connectivity index (χ0) is 18.0. The van der Waals surface area contributed by atoms with Crippen molar-refractivity contribution >= 4 is 21.4 Å². The minimum Gasteiger partial charge on any atom is -0.325 e. The summed E-state index contributed by atoms with van der Waals surface area (Å²) in [5, 5.41) is 2.53. The van der Waals surface area contributed by atoms with E-state index in [1.807, 2.05) is 0 Å². The standard InChI is InChI=1S/C15H19F3N2O3S/c1-24(22,23)13-6-2-5-12(8-13)19-14(21)10-20-7-3-4-11(9-20)15(16,17)18/h2,5-6,8,11H,3-4,7,9-10H2,1H3,(H,19,21). The van der Waals surface area contributed by atoms with Gasteiger partial charge in [-0.3, -0.25) is 9.69 Å². The fourth-order valence-corrected chi connectivity index (χ4v) is 3.34. The van der Waals surface area contributed by atoms with Crippen LogP contribution in [-0.4, -0.2) is 51.3 Å². The Kier molecular flexibility index (Phi) is 5.54. The average molecular weight is 364 g/mol. The molecule has 1 aromatic carbocycles. The number of nitrogens with one attached hydrogen (secondary N) is 1. The summed E-state index contributed by atoms with van der Waals surface area (Å²) < 4.78 is 61.3. The second-order valence-corrected chi connectivity index (χ2v) is 7.98. The smallest absolute Gasteiger partial charge is 0.325 e. The number of halogens is 3. The van der Waals surface area contributed by atoms with E-state index >= 15 is 0 Å². The molecule has 1 heterocycles. The van der Waals surface area contributed by atoms with Crippen molar-refractivity contribution in [2.45, 2.75) is 23.9 Å². The normalized spacial score (nSPS) is 19.9. The molecule has 9 heteroatoms. The first-order valence-electron chi connectivity index (χ1n) is 7.45. The molecule has 1 unspecified atom stereocenters. The first-order chi connectivity index (χ1) is 11.1. The van der Waals surface area contributed by atoms with E-state index in [2.05, 4.69) is 5.32 Å². The van der Waals surface area contributed by atoms with E-state index in [1.54, 1.807) is 0 Å². The molecule has 1 amide bonds. The lowest BCUT2D eigenvalue weighted by molar-refractivity contribution is -0.186. The third kappa shape index (κ3) is 5.20. The third-order valence-electron chi connectivity index (χ3n) is 3.88. The monoisotopic (exact) mass is 364 g/mol. The van der Waals surface area contributed by atoms with Crippen LogP contribution in [0.2, 0.25) is 0 Å². The molecule has 0 saturated carbocycles. The Bertz CT molecular complexity index is 704. The predicted molar refractivity (Wildman–Crippen MR) is 83.4 cm³/mol. The van der Waals surface area contributed by atoms with Crippen LogP contribution in [-0.2, 0) is 14.6 Å². The van der Waals surface area contributed by atoms with Crippen molar-refractivity contribution in [1.82, 2.24) is 4.90 Å². The van der Waals surface area contributed by atoms with Crippen LogP contribution in [0.1, 0.15) is 12.8 Å². The maximum absolute atomic E-state index is 12.8. The summed E-state index contributed by atoms with van der Waals surface area (Å²) in [6, 6.07) is 5.75. The molecule has 5 nitrogen and oxygen atoms in total. The van der Waals surface area contributed by atoms with Gasteiger partial charge in [0.05, 0.1) is 17.4 Å². The summed E-state index contributed by atoms with van der Waals surface area (Å²) in [5.74, 6) is -1.88. The minimum atomic E-state index is -4.25. The van der Waals surface area contributed by atoms with Gasteiger partial charge in [-0.25, -0.2) is 8.42 Å². The zero-order valence-electron chi connectivity index (χ0n) is 13.1. The van der Waals surface area contributed by atoms with Gasteiger partial charge in [0.1, 0.15) is 0 Å². The fourth-order valence-electron chi connectivity index (χ4n) is 2.67. The molecule has 0 bridgehead atoms. The van der Waals surface area contributed by atoms with Gasteiger partial charge in [-0.1, -0.05) is 6.07 Å². The van der Waals surface area contributed by atoms with Crippen molar-refractivity contribution in [2.75, 3.05) is 31.2 Å². The Morgan fingerprint density at radius 3 is 2.71 bits per heavy atom. The van der Waals surface area contributed by atoms with Crippen molar-refractivity contribution in [1.29, 1.82) is 0 Å². The van der Waals surface area contributed by atoms with Crippen LogP contribution in [0.25, 0.3) is 0 Å². The SMILES string of the molecule is CS(=O)(=O)c1cccc(NC(=O)CN2CCCC(C(F)(F)F)C2)c1. The van der Waals surface area contributed by atoms with E-state index in [0.717, 1.165) is 6.26 Å². The van der Waals surface area contributed by atoms with Crippen molar-refractivity contribution < 1.29 is 26.4 Å². The van der Waals surface area contributed by atoms with Gasteiger partial charge in [0.15, 0.2) is 9.84 Å². The molecule has 1 atom stereocenters. The second-order valence-electron chi connectivity index (χ2n) is 5.96. The number of carbonyl (C=O) groups excluding carboxylic acids is 1. The summed E-state index contributed by atoms with van der Waals surface area (Å²) >= 11 is 0. The van der Waals surface area contributed by atoms with Gasteiger partial charge in [0, 0.05) is 18.5 Å². The molecule has 1 N–H and O–H groups in total. The molecule has 1 aliphatic rings. The van der Waals surface area contributed by atoms with Gasteiger partial charge in [-0.05, 0) is 37.6 Å². The Balaban J connectivity index is 1.96. The lowest BCUT2D eigenvalue weighted by atomic mass is 9.97. The summed E-state index contributed by atoms with van der Waals surface area (Å²) in [5.41, 5.74) is 0.298. The lowest BCUT2D eigenvalue weighted by Gasteiger charge is -2.33. The van der Waals surface area contributed by atoms with Gasteiger partial charge in [0.2, 0.25) is 5.91 Å². The van der Waals surface area contributed by atoms with Crippen LogP contribution in [0.3, 0.4) is 0 Å². The highest BCUT2D eigenvalue weighted by Crippen LogP contribution is 2.33. The van der Waals surface area contributed by atoms with E-state index in [4.69, 9.17) is 0 Å². The van der Waals surface area contributed by atoms with Gasteiger partial charge in [0.25, 0.3) is 0 Å². The molecule has 2 rings (SSSR count). The van der Waals surface area contributed by atoms with E-state index < -0.39 is 27.8 Å². The molecule has 134 valence electrons. The van der Waals surface area contributed by atoms with Gasteiger partial charge in [-0.2, -0.15) is 13.2 Å². The zero-order valence-corrected chi connectivity index (χ0v) is 14.0. The summed E-state index contributed by atoms with van der Waals surface area (Å²) in [6.45, 7) is 0.0827. The molecule has 1 aliphatic heterocycles. The van der Waals surface area contributed by atoms with Gasteiger partial charge in [-0.15, -0.1) is 0 Å². The number of carbonyl (C=O) groups is 1. The van der Waals surface area contributed by atoms with Crippen LogP contribution in [0.4, 0.5) is 18.9 Å². The molecule has 0 aromatic heterocycles. The first kappa shape index (κ1) is 18.7. The number of hydrogen-bond acceptors (Lipinski definition) is 4. The van der Waals surface area contributed by atoms with Crippen LogP contribution in [0.5, 0.6) is 0 Å². The van der Waals surface area contributed by atoms with E-state index in [-0.39, 0.29) is 24.4 Å². The molecule has 24 heavy (non-hydrogen) atoms. The average Bonchev–Trinajstić information content (AvgIpc) is 2.46. The van der Waals surface area contributed by atoms with Crippen molar-refractivity contribution in [2.24, 2.45) is 5.92 Å². The van der Waals surface area contributed by atoms with Gasteiger partial charge >= 0.3 is 6.18 Å². The molecule has 0 radical (unpaired) electrons. The Labute approximate surface area is 138 Å². The maximum Gasteiger partial charge on any atom is 0.393 e. The number of hydrogen-bond donors (Lipinski definition) is 1. The number of piperidine rings is 1. The maximum atomic E-state index is 12.8. The number of nitrogens with zero attached hydrogens (tertiary/aromatic N) is 1. The number of amides is 1. The lowest BCUT2D eigenvalue weighted by Crippen LogP contribution is -2.44. The summed E-state index contributed by atoms with van der Waals surface area (Å²) in [4.78, 5) is 13.5. The number of benzene rings is 1. The largest absolute Gasteiger partial charge is 0.393 e. The Morgan fingerprint density at radius 1 is 1.38 bits per heavy atom. The fraction of sp³-hybridized carbons (Fsp3) is 0.533. The first-order valence-corrected chi connectivity index (χ1v) is 9.34. The third-order valence-corrected chi connectivity index (χ3v) is 4.99. The van der Waals surface area contributed by atoms with Crippen molar-refractivity contribution in [3.8, 4) is 0 Å². The highest BCUT2D eigenvalue weighted by Gasteiger charge is 2.41. The van der Waals surface area contributed by atoms with Gasteiger partial charge < -0.3 is 5.32 Å². The topological polar surface area (TPSA) is 66.5 Å². The van der Waals surface area contributed by atoms with Crippen molar-refractivity contribution in [3.05, 3.63) is 24.3 Å². The number of rotatable bonds is 4. The van der Waals surface area contributed by atoms with E-state index in [1.165, 1.54) is 29.2 Å². The molecule has 0 aliphatic carbocycles. The van der Waals surface area contributed by atoms with E-state index in [0.29, 0.717) is 18.7 Å². The molecular weight excluding hydrogens is 345 g/mol. The molecule has 1 aromatic rings.